The van der Waals surface area contributed by atoms with Crippen LogP contribution in [0.3, 0.4) is 0 Å². The Morgan fingerprint density at radius 3 is 2.27 bits per heavy atom. The normalized spacial score (nSPS) is 39.6. The van der Waals surface area contributed by atoms with Crippen molar-refractivity contribution >= 4 is 0 Å². The van der Waals surface area contributed by atoms with E-state index in [1.807, 2.05) is 11.7 Å². The summed E-state index contributed by atoms with van der Waals surface area (Å²) in [7, 11) is 1.94. The number of hydrogen-bond acceptors (Lipinski definition) is 3. The van der Waals surface area contributed by atoms with Crippen molar-refractivity contribution in [3.8, 4) is 0 Å². The third-order valence-corrected chi connectivity index (χ3v) is 4.45. The van der Waals surface area contributed by atoms with Gasteiger partial charge in [0, 0.05) is 24.2 Å². The van der Waals surface area contributed by atoms with Gasteiger partial charge in [-0.3, -0.25) is 4.68 Å². The largest absolute Gasteiger partial charge is 0.325 e. The zero-order chi connectivity index (χ0) is 10.5. The molecule has 3 aliphatic carbocycles. The summed E-state index contributed by atoms with van der Waals surface area (Å²) in [6.07, 6.45) is 9.14. The van der Waals surface area contributed by atoms with Gasteiger partial charge in [-0.2, -0.15) is 0 Å². The Labute approximate surface area is 89.8 Å². The fourth-order valence-electron chi connectivity index (χ4n) is 3.19. The Balaban J connectivity index is 1.93. The van der Waals surface area contributed by atoms with E-state index in [-0.39, 0.29) is 5.54 Å². The molecular formula is C11H18N4. The monoisotopic (exact) mass is 206 g/mol. The second-order valence-corrected chi connectivity index (χ2v) is 5.42. The van der Waals surface area contributed by atoms with Gasteiger partial charge in [-0.1, -0.05) is 5.21 Å². The lowest BCUT2D eigenvalue weighted by Gasteiger charge is -2.50. The molecule has 4 heteroatoms. The van der Waals surface area contributed by atoms with Crippen molar-refractivity contribution in [1.29, 1.82) is 0 Å². The first-order chi connectivity index (χ1) is 7.12. The number of fused-ring (bicyclic) bond motifs is 3. The molecule has 2 bridgehead atoms. The van der Waals surface area contributed by atoms with Crippen LogP contribution in [0.4, 0.5) is 0 Å². The summed E-state index contributed by atoms with van der Waals surface area (Å²) >= 11 is 0. The predicted molar refractivity (Wildman–Crippen MR) is 57.3 cm³/mol. The molecule has 2 N–H and O–H groups in total. The molecule has 0 radical (unpaired) electrons. The summed E-state index contributed by atoms with van der Waals surface area (Å²) in [4.78, 5) is 0. The highest BCUT2D eigenvalue weighted by atomic mass is 15.4. The van der Waals surface area contributed by atoms with Gasteiger partial charge in [0.1, 0.15) is 0 Å². The van der Waals surface area contributed by atoms with E-state index in [2.05, 4.69) is 16.5 Å². The number of rotatable bonds is 1. The van der Waals surface area contributed by atoms with Gasteiger partial charge in [0.25, 0.3) is 0 Å². The van der Waals surface area contributed by atoms with E-state index in [0.29, 0.717) is 5.41 Å². The molecule has 0 amide bonds. The van der Waals surface area contributed by atoms with Gasteiger partial charge < -0.3 is 5.73 Å². The molecule has 1 aromatic rings. The number of hydrogen-bond donors (Lipinski definition) is 1. The van der Waals surface area contributed by atoms with Crippen LogP contribution in [0.25, 0.3) is 0 Å². The first-order valence-corrected chi connectivity index (χ1v) is 5.78. The van der Waals surface area contributed by atoms with Gasteiger partial charge in [-0.15, -0.1) is 5.10 Å². The predicted octanol–water partition coefficient (Wildman–Crippen LogP) is 1.12. The molecule has 0 spiro atoms. The summed E-state index contributed by atoms with van der Waals surface area (Å²) in [5.41, 5.74) is 7.93. The summed E-state index contributed by atoms with van der Waals surface area (Å²) in [6.45, 7) is 0. The number of nitrogens with two attached hydrogens (primary N) is 1. The molecule has 1 aromatic heterocycles. The van der Waals surface area contributed by atoms with E-state index in [9.17, 15) is 0 Å². The Hall–Kier alpha value is -0.900. The lowest BCUT2D eigenvalue weighted by Crippen LogP contribution is -2.53. The maximum Gasteiger partial charge on any atom is 0.0888 e. The van der Waals surface area contributed by atoms with Crippen molar-refractivity contribution in [3.05, 3.63) is 11.9 Å². The molecule has 82 valence electrons. The van der Waals surface area contributed by atoms with Crippen molar-refractivity contribution in [1.82, 2.24) is 15.0 Å². The summed E-state index contributed by atoms with van der Waals surface area (Å²) in [6, 6.07) is 0. The van der Waals surface area contributed by atoms with Gasteiger partial charge in [0.2, 0.25) is 0 Å². The van der Waals surface area contributed by atoms with E-state index in [1.54, 1.807) is 0 Å². The lowest BCUT2D eigenvalue weighted by atomic mass is 9.56. The molecule has 0 aliphatic heterocycles. The van der Waals surface area contributed by atoms with Crippen LogP contribution in [0.5, 0.6) is 0 Å². The van der Waals surface area contributed by atoms with Crippen LogP contribution in [-0.4, -0.2) is 20.5 Å². The minimum atomic E-state index is 0.143. The Morgan fingerprint density at radius 1 is 1.20 bits per heavy atom. The minimum Gasteiger partial charge on any atom is -0.325 e. The van der Waals surface area contributed by atoms with E-state index < -0.39 is 0 Å². The van der Waals surface area contributed by atoms with Crippen LogP contribution >= 0.6 is 0 Å². The maximum atomic E-state index is 6.30. The smallest absolute Gasteiger partial charge is 0.0888 e. The van der Waals surface area contributed by atoms with Gasteiger partial charge >= 0.3 is 0 Å². The van der Waals surface area contributed by atoms with Crippen LogP contribution in [0, 0.1) is 0 Å². The van der Waals surface area contributed by atoms with Gasteiger partial charge in [-0.25, -0.2) is 0 Å². The maximum absolute atomic E-state index is 6.30. The SMILES string of the molecule is Cn1cc(C23CCC(N)(CC2)CC3)nn1. The summed E-state index contributed by atoms with van der Waals surface area (Å²) in [5.74, 6) is 0. The zero-order valence-electron chi connectivity index (χ0n) is 9.24. The van der Waals surface area contributed by atoms with Crippen LogP contribution in [0.1, 0.15) is 44.2 Å². The van der Waals surface area contributed by atoms with Crippen LogP contribution in [0.2, 0.25) is 0 Å². The van der Waals surface area contributed by atoms with Crippen LogP contribution in [0.15, 0.2) is 6.20 Å². The third kappa shape index (κ3) is 1.31. The molecule has 0 aromatic carbocycles. The average Bonchev–Trinajstić information content (AvgIpc) is 2.67. The fourth-order valence-corrected chi connectivity index (χ4v) is 3.19. The van der Waals surface area contributed by atoms with E-state index in [4.69, 9.17) is 5.73 Å². The second-order valence-electron chi connectivity index (χ2n) is 5.42. The second kappa shape index (κ2) is 2.82. The standard InChI is InChI=1S/C11H18N4/c1-15-8-9(13-14-15)10-2-5-11(12,6-3-10)7-4-10/h8H,2-7,12H2,1H3. The molecule has 3 saturated carbocycles. The molecular weight excluding hydrogens is 188 g/mol. The average molecular weight is 206 g/mol. The molecule has 3 aliphatic rings. The molecule has 0 unspecified atom stereocenters. The number of nitrogens with zero attached hydrogens (tertiary/aromatic N) is 3. The lowest BCUT2D eigenvalue weighted by molar-refractivity contribution is 0.104. The molecule has 15 heavy (non-hydrogen) atoms. The highest BCUT2D eigenvalue weighted by molar-refractivity contribution is 5.19. The number of aryl methyl sites for hydroxylation is 1. The first-order valence-electron chi connectivity index (χ1n) is 5.78. The molecule has 4 nitrogen and oxygen atoms in total. The molecule has 0 saturated heterocycles. The van der Waals surface area contributed by atoms with Gasteiger partial charge in [0.05, 0.1) is 5.69 Å². The van der Waals surface area contributed by atoms with Crippen LogP contribution in [-0.2, 0) is 12.5 Å². The Morgan fingerprint density at radius 2 is 1.80 bits per heavy atom. The Bertz CT molecular complexity index is 357. The number of aromatic nitrogens is 3. The minimum absolute atomic E-state index is 0.143. The van der Waals surface area contributed by atoms with Crippen molar-refractivity contribution in [2.45, 2.75) is 49.5 Å². The quantitative estimate of drug-likeness (QED) is 0.749. The van der Waals surface area contributed by atoms with Crippen molar-refractivity contribution in [2.24, 2.45) is 12.8 Å². The highest BCUT2D eigenvalue weighted by Crippen LogP contribution is 2.51. The topological polar surface area (TPSA) is 56.7 Å². The van der Waals surface area contributed by atoms with E-state index in [0.717, 1.165) is 19.3 Å². The van der Waals surface area contributed by atoms with Crippen molar-refractivity contribution in [3.63, 3.8) is 0 Å². The molecule has 0 atom stereocenters. The van der Waals surface area contributed by atoms with Crippen LogP contribution < -0.4 is 5.73 Å². The van der Waals surface area contributed by atoms with Crippen molar-refractivity contribution in [2.75, 3.05) is 0 Å². The van der Waals surface area contributed by atoms with Gasteiger partial charge in [0.15, 0.2) is 0 Å². The molecule has 4 rings (SSSR count). The summed E-state index contributed by atoms with van der Waals surface area (Å²) < 4.78 is 1.81. The van der Waals surface area contributed by atoms with E-state index >= 15 is 0 Å². The molecule has 1 heterocycles. The highest BCUT2D eigenvalue weighted by Gasteiger charge is 2.48. The third-order valence-electron chi connectivity index (χ3n) is 4.45. The fraction of sp³-hybridized carbons (Fsp3) is 0.818. The zero-order valence-corrected chi connectivity index (χ0v) is 9.24. The summed E-state index contributed by atoms with van der Waals surface area (Å²) in [5, 5.41) is 8.36. The van der Waals surface area contributed by atoms with Gasteiger partial charge in [-0.05, 0) is 38.5 Å². The first kappa shape index (κ1) is 9.33. The molecule has 3 fully saturated rings. The van der Waals surface area contributed by atoms with E-state index in [1.165, 1.54) is 25.0 Å². The Kier molecular flexibility index (Phi) is 1.75. The van der Waals surface area contributed by atoms with Crippen molar-refractivity contribution < 1.29 is 0 Å².